The van der Waals surface area contributed by atoms with E-state index in [0.29, 0.717) is 25.7 Å². The number of aromatic nitrogens is 1. The van der Waals surface area contributed by atoms with Crippen molar-refractivity contribution in [2.45, 2.75) is 38.8 Å². The number of nitrogens with one attached hydrogen (secondary N) is 2. The molecule has 1 saturated heterocycles. The van der Waals surface area contributed by atoms with Crippen LogP contribution in [0.25, 0.3) is 0 Å². The van der Waals surface area contributed by atoms with E-state index in [2.05, 4.69) is 10.6 Å². The lowest BCUT2D eigenvalue weighted by atomic mass is 9.83. The summed E-state index contributed by atoms with van der Waals surface area (Å²) in [5.41, 5.74) is 0.752. The van der Waals surface area contributed by atoms with Crippen LogP contribution in [-0.4, -0.2) is 40.5 Å². The lowest BCUT2D eigenvalue weighted by Crippen LogP contribution is -2.56. The molecule has 3 unspecified atom stereocenters. The van der Waals surface area contributed by atoms with Crippen LogP contribution < -0.4 is 16.2 Å². The highest BCUT2D eigenvalue weighted by molar-refractivity contribution is 5.97. The SMILES string of the molecule is CC(C)C(NC(=O)N1CC2CC(C1)c1cccc(=O)n1C2)C(=O)Nc1ccc(F)cc1F. The van der Waals surface area contributed by atoms with E-state index in [1.165, 1.54) is 0 Å². The maximum Gasteiger partial charge on any atom is 0.318 e. The van der Waals surface area contributed by atoms with Crippen molar-refractivity contribution in [1.29, 1.82) is 0 Å². The van der Waals surface area contributed by atoms with Crippen molar-refractivity contribution < 1.29 is 18.4 Å². The van der Waals surface area contributed by atoms with Crippen molar-refractivity contribution in [2.24, 2.45) is 11.8 Å². The molecular weight excluding hydrogens is 418 g/mol. The molecule has 0 saturated carbocycles. The summed E-state index contributed by atoms with van der Waals surface area (Å²) in [6.45, 7) is 5.05. The number of fused-ring (bicyclic) bond motifs is 4. The van der Waals surface area contributed by atoms with E-state index in [1.807, 2.05) is 6.07 Å². The van der Waals surface area contributed by atoms with Gasteiger partial charge in [0.1, 0.15) is 17.7 Å². The Labute approximate surface area is 184 Å². The summed E-state index contributed by atoms with van der Waals surface area (Å²) in [4.78, 5) is 39.7. The van der Waals surface area contributed by atoms with Crippen molar-refractivity contribution in [3.05, 3.63) is 64.1 Å². The van der Waals surface area contributed by atoms with Gasteiger partial charge >= 0.3 is 6.03 Å². The smallest absolute Gasteiger partial charge is 0.318 e. The van der Waals surface area contributed by atoms with Gasteiger partial charge in [0.25, 0.3) is 5.56 Å². The highest BCUT2D eigenvalue weighted by Gasteiger charge is 2.37. The van der Waals surface area contributed by atoms with Gasteiger partial charge in [-0.3, -0.25) is 9.59 Å². The van der Waals surface area contributed by atoms with Gasteiger partial charge in [0, 0.05) is 43.4 Å². The first-order valence-electron chi connectivity index (χ1n) is 10.7. The van der Waals surface area contributed by atoms with E-state index in [0.717, 1.165) is 24.2 Å². The Morgan fingerprint density at radius 1 is 1.09 bits per heavy atom. The Hall–Kier alpha value is -3.23. The minimum Gasteiger partial charge on any atom is -0.326 e. The third kappa shape index (κ3) is 4.37. The number of hydrogen-bond acceptors (Lipinski definition) is 3. The second-order valence-corrected chi connectivity index (χ2v) is 8.89. The molecule has 2 N–H and O–H groups in total. The van der Waals surface area contributed by atoms with E-state index in [-0.39, 0.29) is 35.0 Å². The zero-order valence-electron chi connectivity index (χ0n) is 18.0. The van der Waals surface area contributed by atoms with Gasteiger partial charge in [-0.1, -0.05) is 19.9 Å². The highest BCUT2D eigenvalue weighted by atomic mass is 19.1. The molecule has 1 fully saturated rings. The number of anilines is 1. The molecular formula is C23H26F2N4O3. The van der Waals surface area contributed by atoms with E-state index < -0.39 is 23.6 Å². The van der Waals surface area contributed by atoms with Crippen molar-refractivity contribution in [2.75, 3.05) is 18.4 Å². The largest absolute Gasteiger partial charge is 0.326 e. The van der Waals surface area contributed by atoms with Crippen molar-refractivity contribution in [3.8, 4) is 0 Å². The summed E-state index contributed by atoms with van der Waals surface area (Å²) in [6, 6.07) is 6.82. The third-order valence-corrected chi connectivity index (χ3v) is 6.18. The fourth-order valence-electron chi connectivity index (χ4n) is 4.62. The predicted octanol–water partition coefficient (Wildman–Crippen LogP) is 2.92. The highest BCUT2D eigenvalue weighted by Crippen LogP contribution is 2.35. The summed E-state index contributed by atoms with van der Waals surface area (Å²) in [7, 11) is 0. The maximum atomic E-state index is 13.9. The van der Waals surface area contributed by atoms with Crippen molar-refractivity contribution >= 4 is 17.6 Å². The number of nitrogens with zero attached hydrogens (tertiary/aromatic N) is 2. The van der Waals surface area contributed by atoms with Gasteiger partial charge in [-0.25, -0.2) is 13.6 Å². The minimum absolute atomic E-state index is 0.0281. The molecule has 1 aromatic heterocycles. The number of likely N-dealkylation sites (tertiary alicyclic amines) is 1. The molecule has 7 nitrogen and oxygen atoms in total. The van der Waals surface area contributed by atoms with Gasteiger partial charge < -0.3 is 20.1 Å². The van der Waals surface area contributed by atoms with Gasteiger partial charge in [-0.2, -0.15) is 0 Å². The summed E-state index contributed by atoms with van der Waals surface area (Å²) in [5, 5.41) is 5.21. The number of carbonyl (C=O) groups excluding carboxylic acids is 2. The number of amides is 3. The second kappa shape index (κ2) is 8.72. The van der Waals surface area contributed by atoms with Crippen LogP contribution in [0.5, 0.6) is 0 Å². The second-order valence-electron chi connectivity index (χ2n) is 8.89. The monoisotopic (exact) mass is 444 g/mol. The lowest BCUT2D eigenvalue weighted by Gasteiger charge is -2.43. The summed E-state index contributed by atoms with van der Waals surface area (Å²) >= 11 is 0. The van der Waals surface area contributed by atoms with Crippen LogP contribution in [0, 0.1) is 23.5 Å². The molecule has 4 rings (SSSR count). The van der Waals surface area contributed by atoms with Gasteiger partial charge in [-0.15, -0.1) is 0 Å². The predicted molar refractivity (Wildman–Crippen MR) is 115 cm³/mol. The molecule has 32 heavy (non-hydrogen) atoms. The first-order chi connectivity index (χ1) is 15.2. The maximum absolute atomic E-state index is 13.9. The number of rotatable bonds is 4. The Morgan fingerprint density at radius 2 is 1.88 bits per heavy atom. The number of carbonyl (C=O) groups is 2. The number of urea groups is 1. The topological polar surface area (TPSA) is 83.4 Å². The van der Waals surface area contributed by atoms with E-state index in [1.54, 1.807) is 35.4 Å². The molecule has 0 spiro atoms. The number of halogens is 2. The standard InChI is InChI=1S/C23H26F2N4O3/c1-13(2)21(22(31)26-18-7-6-16(24)9-17(18)25)27-23(32)28-10-14-8-15(12-28)19-4-3-5-20(30)29(19)11-14/h3-7,9,13-15,21H,8,10-12H2,1-2H3,(H,26,31)(H,27,32). The molecule has 3 amide bonds. The van der Waals surface area contributed by atoms with Gasteiger partial charge in [0.15, 0.2) is 0 Å². The zero-order chi connectivity index (χ0) is 23.0. The van der Waals surface area contributed by atoms with Crippen molar-refractivity contribution in [1.82, 2.24) is 14.8 Å². The molecule has 1 aromatic carbocycles. The lowest BCUT2D eigenvalue weighted by molar-refractivity contribution is -0.118. The van der Waals surface area contributed by atoms with Crippen LogP contribution in [-0.2, 0) is 11.3 Å². The Kier molecular flexibility index (Phi) is 5.99. The number of piperidine rings is 1. The molecule has 2 bridgehead atoms. The fraction of sp³-hybridized carbons (Fsp3) is 0.435. The Bertz CT molecular complexity index is 1100. The van der Waals surface area contributed by atoms with Crippen LogP contribution >= 0.6 is 0 Å². The minimum atomic E-state index is -0.899. The van der Waals surface area contributed by atoms with Crippen LogP contribution in [0.3, 0.4) is 0 Å². The third-order valence-electron chi connectivity index (χ3n) is 6.18. The molecule has 170 valence electrons. The zero-order valence-corrected chi connectivity index (χ0v) is 18.0. The van der Waals surface area contributed by atoms with Crippen LogP contribution in [0.4, 0.5) is 19.3 Å². The van der Waals surface area contributed by atoms with E-state index in [4.69, 9.17) is 0 Å². The van der Waals surface area contributed by atoms with Gasteiger partial charge in [-0.05, 0) is 36.5 Å². The normalized spacial score (nSPS) is 20.5. The summed E-state index contributed by atoms with van der Waals surface area (Å²) < 4.78 is 28.9. The molecule has 0 radical (unpaired) electrons. The number of hydrogen-bond donors (Lipinski definition) is 2. The van der Waals surface area contributed by atoms with E-state index in [9.17, 15) is 23.2 Å². The first-order valence-corrected chi connectivity index (χ1v) is 10.7. The molecule has 0 aliphatic carbocycles. The quantitative estimate of drug-likeness (QED) is 0.761. The van der Waals surface area contributed by atoms with Crippen LogP contribution in [0.1, 0.15) is 31.9 Å². The van der Waals surface area contributed by atoms with Gasteiger partial charge in [0.2, 0.25) is 5.91 Å². The van der Waals surface area contributed by atoms with E-state index >= 15 is 0 Å². The summed E-state index contributed by atoms with van der Waals surface area (Å²) in [5.74, 6) is -2.24. The Morgan fingerprint density at radius 3 is 2.59 bits per heavy atom. The Balaban J connectivity index is 1.45. The van der Waals surface area contributed by atoms with Crippen molar-refractivity contribution in [3.63, 3.8) is 0 Å². The molecule has 2 aliphatic rings. The molecule has 2 aliphatic heterocycles. The fourth-order valence-corrected chi connectivity index (χ4v) is 4.62. The number of pyridine rings is 1. The first kappa shape index (κ1) is 22.0. The average molecular weight is 444 g/mol. The molecule has 2 aromatic rings. The number of benzene rings is 1. The van der Waals surface area contributed by atoms with Crippen LogP contribution in [0.2, 0.25) is 0 Å². The van der Waals surface area contributed by atoms with Crippen LogP contribution in [0.15, 0.2) is 41.2 Å². The average Bonchev–Trinajstić information content (AvgIpc) is 2.74. The molecule has 9 heteroatoms. The molecule has 3 heterocycles. The molecule has 3 atom stereocenters. The van der Waals surface area contributed by atoms with Gasteiger partial charge in [0.05, 0.1) is 5.69 Å². The summed E-state index contributed by atoms with van der Waals surface area (Å²) in [6.07, 6.45) is 0.908.